The van der Waals surface area contributed by atoms with E-state index in [1.165, 1.54) is 0 Å². The van der Waals surface area contributed by atoms with Crippen molar-refractivity contribution in [2.45, 2.75) is 39.2 Å². The van der Waals surface area contributed by atoms with Gasteiger partial charge in [0, 0.05) is 12.8 Å². The van der Waals surface area contributed by atoms with Gasteiger partial charge in [0.15, 0.2) is 0 Å². The number of amides is 2. The molecule has 16 heavy (non-hydrogen) atoms. The Bertz CT molecular complexity index is 300. The van der Waals surface area contributed by atoms with Crippen molar-refractivity contribution >= 4 is 17.8 Å². The first-order valence-corrected chi connectivity index (χ1v) is 5.30. The molecule has 2 unspecified atom stereocenters. The Morgan fingerprint density at radius 2 is 1.94 bits per heavy atom. The Morgan fingerprint density at radius 1 is 1.44 bits per heavy atom. The molecular weight excluding hydrogens is 213 g/mol. The van der Waals surface area contributed by atoms with Gasteiger partial charge in [0.2, 0.25) is 0 Å². The van der Waals surface area contributed by atoms with E-state index in [9.17, 15) is 14.4 Å². The highest BCUT2D eigenvalue weighted by Gasteiger charge is 2.34. The molecule has 90 valence electrons. The zero-order valence-corrected chi connectivity index (χ0v) is 9.43. The van der Waals surface area contributed by atoms with Crippen molar-refractivity contribution in [2.24, 2.45) is 11.7 Å². The normalized spacial score (nSPS) is 19.8. The molecule has 1 aliphatic rings. The molecule has 0 saturated carbocycles. The number of nitrogens with two attached hydrogens (primary N) is 1. The first-order valence-electron chi connectivity index (χ1n) is 5.30. The lowest BCUT2D eigenvalue weighted by Crippen LogP contribution is -2.43. The van der Waals surface area contributed by atoms with Crippen LogP contribution in [0.15, 0.2) is 0 Å². The lowest BCUT2D eigenvalue weighted by Gasteiger charge is -2.19. The van der Waals surface area contributed by atoms with Crippen LogP contribution in [0, 0.1) is 5.92 Å². The lowest BCUT2D eigenvalue weighted by molar-refractivity contribution is -0.199. The minimum absolute atomic E-state index is 0.0553. The van der Waals surface area contributed by atoms with Crippen molar-refractivity contribution in [1.29, 1.82) is 0 Å². The Hall–Kier alpha value is -1.43. The molecular formula is C10H16N2O4. The van der Waals surface area contributed by atoms with Crippen molar-refractivity contribution in [3.8, 4) is 0 Å². The van der Waals surface area contributed by atoms with Gasteiger partial charge in [0.25, 0.3) is 11.8 Å². The molecule has 0 radical (unpaired) electrons. The smallest absolute Gasteiger partial charge is 0.329 e. The highest BCUT2D eigenvalue weighted by molar-refractivity contribution is 6.01. The zero-order valence-electron chi connectivity index (χ0n) is 9.43. The summed E-state index contributed by atoms with van der Waals surface area (Å²) in [6.45, 7) is 3.70. The van der Waals surface area contributed by atoms with E-state index in [1.807, 2.05) is 6.92 Å². The molecule has 1 fully saturated rings. The number of imide groups is 1. The topological polar surface area (TPSA) is 89.7 Å². The predicted octanol–water partition coefficient (Wildman–Crippen LogP) is -0.0330. The quantitative estimate of drug-likeness (QED) is 0.540. The first kappa shape index (κ1) is 12.6. The van der Waals surface area contributed by atoms with Gasteiger partial charge in [-0.25, -0.2) is 4.79 Å². The van der Waals surface area contributed by atoms with E-state index in [-0.39, 0.29) is 18.8 Å². The van der Waals surface area contributed by atoms with Gasteiger partial charge in [-0.1, -0.05) is 20.3 Å². The second kappa shape index (κ2) is 5.07. The van der Waals surface area contributed by atoms with E-state index >= 15 is 0 Å². The van der Waals surface area contributed by atoms with Crippen LogP contribution in [0.5, 0.6) is 0 Å². The first-order chi connectivity index (χ1) is 7.47. The molecule has 2 atom stereocenters. The van der Waals surface area contributed by atoms with E-state index < -0.39 is 23.8 Å². The maximum atomic E-state index is 11.5. The van der Waals surface area contributed by atoms with Gasteiger partial charge in [0.1, 0.15) is 6.04 Å². The summed E-state index contributed by atoms with van der Waals surface area (Å²) in [4.78, 5) is 38.5. The second-order valence-electron chi connectivity index (χ2n) is 3.90. The van der Waals surface area contributed by atoms with Gasteiger partial charge >= 0.3 is 5.97 Å². The fourth-order valence-corrected chi connectivity index (χ4v) is 1.29. The Balaban J connectivity index is 2.57. The summed E-state index contributed by atoms with van der Waals surface area (Å²) in [7, 11) is 0. The Kier molecular flexibility index (Phi) is 4.00. The molecule has 0 aromatic rings. The molecule has 6 nitrogen and oxygen atoms in total. The molecule has 0 bridgehead atoms. The Morgan fingerprint density at radius 3 is 2.38 bits per heavy atom. The maximum Gasteiger partial charge on any atom is 0.349 e. The summed E-state index contributed by atoms with van der Waals surface area (Å²) >= 11 is 0. The molecule has 0 spiro atoms. The van der Waals surface area contributed by atoms with Gasteiger partial charge in [-0.3, -0.25) is 9.59 Å². The maximum absolute atomic E-state index is 11.5. The number of carbonyl (C=O) groups is 3. The monoisotopic (exact) mass is 229 g/mol. The summed E-state index contributed by atoms with van der Waals surface area (Å²) in [6, 6.07) is -0.814. The van der Waals surface area contributed by atoms with Crippen molar-refractivity contribution in [2.75, 3.05) is 0 Å². The summed E-state index contributed by atoms with van der Waals surface area (Å²) < 4.78 is 0. The second-order valence-corrected chi connectivity index (χ2v) is 3.90. The molecule has 0 aliphatic carbocycles. The summed E-state index contributed by atoms with van der Waals surface area (Å²) in [5, 5.41) is 0.518. The van der Waals surface area contributed by atoms with E-state index in [0.717, 1.165) is 6.42 Å². The van der Waals surface area contributed by atoms with Crippen molar-refractivity contribution < 1.29 is 19.2 Å². The van der Waals surface area contributed by atoms with Crippen LogP contribution < -0.4 is 5.73 Å². The van der Waals surface area contributed by atoms with E-state index in [2.05, 4.69) is 0 Å². The minimum atomic E-state index is -0.814. The van der Waals surface area contributed by atoms with Gasteiger partial charge in [-0.05, 0) is 5.92 Å². The van der Waals surface area contributed by atoms with Crippen LogP contribution in [-0.2, 0) is 19.2 Å². The highest BCUT2D eigenvalue weighted by atomic mass is 16.7. The van der Waals surface area contributed by atoms with Crippen LogP contribution in [-0.4, -0.2) is 28.9 Å². The molecule has 1 saturated heterocycles. The third kappa shape index (κ3) is 2.57. The van der Waals surface area contributed by atoms with Gasteiger partial charge in [0.05, 0.1) is 0 Å². The zero-order chi connectivity index (χ0) is 12.3. The molecule has 2 N–H and O–H groups in total. The molecule has 6 heteroatoms. The molecule has 0 aromatic heterocycles. The third-order valence-electron chi connectivity index (χ3n) is 2.72. The molecule has 1 heterocycles. The van der Waals surface area contributed by atoms with E-state index in [0.29, 0.717) is 5.06 Å². The van der Waals surface area contributed by atoms with Gasteiger partial charge in [-0.15, -0.1) is 5.06 Å². The van der Waals surface area contributed by atoms with Gasteiger partial charge in [-0.2, -0.15) is 0 Å². The molecule has 1 rings (SSSR count). The third-order valence-corrected chi connectivity index (χ3v) is 2.72. The van der Waals surface area contributed by atoms with Crippen LogP contribution in [0.25, 0.3) is 0 Å². The van der Waals surface area contributed by atoms with Crippen LogP contribution in [0.2, 0.25) is 0 Å². The van der Waals surface area contributed by atoms with Crippen LogP contribution >= 0.6 is 0 Å². The van der Waals surface area contributed by atoms with Crippen molar-refractivity contribution in [3.63, 3.8) is 0 Å². The summed E-state index contributed by atoms with van der Waals surface area (Å²) in [6.07, 6.45) is 0.896. The van der Waals surface area contributed by atoms with Crippen molar-refractivity contribution in [3.05, 3.63) is 0 Å². The van der Waals surface area contributed by atoms with E-state index in [4.69, 9.17) is 10.6 Å². The van der Waals surface area contributed by atoms with Crippen LogP contribution in [0.4, 0.5) is 0 Å². The Labute approximate surface area is 93.7 Å². The number of rotatable bonds is 4. The highest BCUT2D eigenvalue weighted by Crippen LogP contribution is 2.14. The minimum Gasteiger partial charge on any atom is -0.329 e. The molecule has 1 aliphatic heterocycles. The van der Waals surface area contributed by atoms with E-state index in [1.54, 1.807) is 6.92 Å². The fraction of sp³-hybridized carbons (Fsp3) is 0.700. The average Bonchev–Trinajstić information content (AvgIpc) is 2.58. The van der Waals surface area contributed by atoms with Gasteiger partial charge < -0.3 is 10.6 Å². The number of carbonyl (C=O) groups excluding carboxylic acids is 3. The number of nitrogens with zero attached hydrogens (tertiary/aromatic N) is 1. The fourth-order valence-electron chi connectivity index (χ4n) is 1.29. The molecule has 0 aromatic carbocycles. The predicted molar refractivity (Wildman–Crippen MR) is 54.6 cm³/mol. The van der Waals surface area contributed by atoms with Crippen molar-refractivity contribution in [1.82, 2.24) is 5.06 Å². The average molecular weight is 229 g/mol. The lowest BCUT2D eigenvalue weighted by atomic mass is 10.0. The summed E-state index contributed by atoms with van der Waals surface area (Å²) in [5.41, 5.74) is 5.62. The molecule has 2 amide bonds. The number of hydrogen-bond donors (Lipinski definition) is 1. The largest absolute Gasteiger partial charge is 0.349 e. The standard InChI is InChI=1S/C10H16N2O4/c1-3-6(2)9(11)10(15)16-12-7(13)4-5-8(12)14/h6,9H,3-5,11H2,1-2H3/i11+1. The summed E-state index contributed by atoms with van der Waals surface area (Å²) in [5.74, 6) is -1.78. The SMILES string of the molecule is CCC(C)C([15NH2])C(=O)ON1C(=O)CCC1=O. The van der Waals surface area contributed by atoms with Crippen LogP contribution in [0.3, 0.4) is 0 Å². The van der Waals surface area contributed by atoms with Crippen LogP contribution in [0.1, 0.15) is 33.1 Å². The number of hydrogen-bond acceptors (Lipinski definition) is 5. The number of hydroxylamine groups is 2.